The lowest BCUT2D eigenvalue weighted by Gasteiger charge is -2.49. The molecule has 1 fully saturated rings. The van der Waals surface area contributed by atoms with Crippen LogP contribution >= 0.6 is 22.9 Å². The molecule has 41 heavy (non-hydrogen) atoms. The van der Waals surface area contributed by atoms with Gasteiger partial charge in [-0.2, -0.15) is 0 Å². The van der Waals surface area contributed by atoms with E-state index in [1.165, 1.54) is 5.38 Å². The summed E-state index contributed by atoms with van der Waals surface area (Å²) in [5.74, 6) is -4.43. The molecule has 0 aromatic carbocycles. The second-order valence-electron chi connectivity index (χ2n) is 9.26. The van der Waals surface area contributed by atoms with Gasteiger partial charge >= 0.3 is 34.1 Å². The van der Waals surface area contributed by atoms with Gasteiger partial charge < -0.3 is 28.8 Å². The third-order valence-electron chi connectivity index (χ3n) is 5.26. The number of halogens is 1. The molecule has 218 valence electrons. The summed E-state index contributed by atoms with van der Waals surface area (Å²) >= 11 is 5.08. The van der Waals surface area contributed by atoms with Crippen molar-refractivity contribution in [3.63, 3.8) is 0 Å². The van der Waals surface area contributed by atoms with E-state index >= 15 is 0 Å². The third-order valence-corrected chi connectivity index (χ3v) is 8.00. The Kier molecular flexibility index (Phi) is 10.1. The minimum absolute atomic E-state index is 0.0299. The molecule has 15 nitrogen and oxygen atoms in total. The molecule has 2 aliphatic heterocycles. The zero-order valence-corrected chi connectivity index (χ0v) is 24.9. The Morgan fingerprint density at radius 3 is 2.59 bits per heavy atom. The molecule has 0 radical (unpaired) electrons. The first kappa shape index (κ1) is 32.0. The van der Waals surface area contributed by atoms with Gasteiger partial charge in [-0.15, -0.1) is 22.9 Å². The summed E-state index contributed by atoms with van der Waals surface area (Å²) in [6, 6.07) is -1.33. The highest BCUT2D eigenvalue weighted by atomic mass is 35.5. The summed E-state index contributed by atoms with van der Waals surface area (Å²) in [7, 11) is 2.20. The van der Waals surface area contributed by atoms with Gasteiger partial charge in [0.05, 0.1) is 5.88 Å². The molecular formula is C21H24B2ClN5O10S2. The van der Waals surface area contributed by atoms with Crippen LogP contribution in [0.4, 0.5) is 9.93 Å². The van der Waals surface area contributed by atoms with Crippen molar-refractivity contribution in [1.82, 2.24) is 15.2 Å². The highest BCUT2D eigenvalue weighted by molar-refractivity contribution is 7.92. The smallest absolute Gasteiger partial charge is 0.413 e. The van der Waals surface area contributed by atoms with Crippen molar-refractivity contribution in [2.75, 3.05) is 16.9 Å². The Bertz CT molecular complexity index is 1350. The van der Waals surface area contributed by atoms with Gasteiger partial charge in [-0.3, -0.25) is 19.8 Å². The van der Waals surface area contributed by atoms with Gasteiger partial charge in [0, 0.05) is 11.0 Å². The molecule has 3 amide bonds. The number of ether oxygens (including phenoxy) is 1. The number of amides is 3. The lowest BCUT2D eigenvalue weighted by atomic mass is 10.0. The number of aromatic nitrogens is 1. The highest BCUT2D eigenvalue weighted by Gasteiger charge is 2.61. The standard InChI is InChI=1S/C21H24B2ClN5O10S2/c1-8(17(32)37-22)39-28-11(10-6-40-19(25-10)27-20(34)36-21(2,3)4)14(30)26-12-15(31)29-13(18(33)38-23)9(5-24)7-41(35)16(12)29/h6,12,16H,1,5,7,22-23H2,2-4H3,(H,26,30)(H,25,27,34)/b28-11-/t12-,16-,41?/m1/s1. The van der Waals surface area contributed by atoms with Crippen LogP contribution in [0.2, 0.25) is 0 Å². The van der Waals surface area contributed by atoms with E-state index in [1.807, 2.05) is 0 Å². The van der Waals surface area contributed by atoms with Gasteiger partial charge in [0.25, 0.3) is 11.8 Å². The van der Waals surface area contributed by atoms with Crippen molar-refractivity contribution < 1.29 is 47.4 Å². The maximum absolute atomic E-state index is 13.3. The molecule has 1 aromatic heterocycles. The molecule has 2 N–H and O–H groups in total. The topological polar surface area (TPSA) is 198 Å². The largest absolute Gasteiger partial charge is 0.614 e. The number of carbonyl (C=O) groups is 5. The van der Waals surface area contributed by atoms with Gasteiger partial charge in [-0.05, 0) is 38.5 Å². The van der Waals surface area contributed by atoms with Gasteiger partial charge in [0.15, 0.2) is 16.9 Å². The van der Waals surface area contributed by atoms with Crippen molar-refractivity contribution in [3.8, 4) is 0 Å². The molecule has 1 aromatic rings. The first-order valence-corrected chi connectivity index (χ1v) is 14.4. The number of fused-ring (bicyclic) bond motifs is 1. The fraction of sp³-hybridized carbons (Fsp3) is 0.381. The first-order chi connectivity index (χ1) is 19.2. The van der Waals surface area contributed by atoms with Crippen molar-refractivity contribution in [3.05, 3.63) is 34.7 Å². The quantitative estimate of drug-likeness (QED) is 0.0488. The van der Waals surface area contributed by atoms with Crippen molar-refractivity contribution in [1.29, 1.82) is 0 Å². The number of nitrogens with one attached hydrogen (secondary N) is 2. The zero-order chi connectivity index (χ0) is 30.6. The van der Waals surface area contributed by atoms with Gasteiger partial charge in [0.2, 0.25) is 11.1 Å². The molecule has 0 saturated carbocycles. The van der Waals surface area contributed by atoms with Gasteiger partial charge in [0.1, 0.15) is 22.7 Å². The number of hydrogen-bond acceptors (Lipinski definition) is 13. The normalized spacial score (nSPS) is 20.3. The summed E-state index contributed by atoms with van der Waals surface area (Å²) in [5, 5.41) is 8.77. The average molecular weight is 628 g/mol. The van der Waals surface area contributed by atoms with Crippen LogP contribution in [0.5, 0.6) is 0 Å². The maximum atomic E-state index is 13.3. The minimum atomic E-state index is -1.73. The summed E-state index contributed by atoms with van der Waals surface area (Å²) in [6.07, 6.45) is -0.803. The number of carbonyl (C=O) groups excluding carboxylic acids is 5. The Morgan fingerprint density at radius 2 is 2.00 bits per heavy atom. The number of rotatable bonds is 9. The average Bonchev–Trinajstić information content (AvgIpc) is 3.36. The molecule has 2 aliphatic rings. The lowest BCUT2D eigenvalue weighted by Crippen LogP contribution is -2.75. The minimum Gasteiger partial charge on any atom is -0.614 e. The van der Waals surface area contributed by atoms with E-state index in [0.717, 1.165) is 32.3 Å². The van der Waals surface area contributed by atoms with Crippen LogP contribution in [0, 0.1) is 0 Å². The number of nitrogens with zero attached hydrogens (tertiary/aromatic N) is 3. The van der Waals surface area contributed by atoms with Crippen molar-refractivity contribution in [2.45, 2.75) is 37.8 Å². The Hall–Kier alpha value is -3.54. The van der Waals surface area contributed by atoms with Crippen LogP contribution in [0.1, 0.15) is 26.5 Å². The second kappa shape index (κ2) is 13.0. The van der Waals surface area contributed by atoms with Crippen molar-refractivity contribution in [2.24, 2.45) is 5.16 Å². The number of thiazole rings is 1. The van der Waals surface area contributed by atoms with Crippen LogP contribution in [0.3, 0.4) is 0 Å². The third kappa shape index (κ3) is 7.22. The number of anilines is 1. The van der Waals surface area contributed by atoms with Gasteiger partial charge in [-0.1, -0.05) is 5.16 Å². The molecule has 3 atom stereocenters. The van der Waals surface area contributed by atoms with Crippen LogP contribution in [-0.4, -0.2) is 94.7 Å². The number of β-lactam (4-membered cyclic amide) rings is 1. The molecule has 20 heteroatoms. The SMILES string of the molecule is BOC(=O)C(=C)O/N=C(\C(=O)N[C@@H]1C(=O)N2C(C(=O)OB)=C(CCl)C[S+]([O-])[C@H]12)c1csc(NC(=O)OC(C)(C)C)n1. The first-order valence-electron chi connectivity index (χ1n) is 11.6. The van der Waals surface area contributed by atoms with Crippen LogP contribution in [0.25, 0.3) is 0 Å². The molecule has 3 rings (SSSR count). The second-order valence-corrected chi connectivity index (χ2v) is 11.9. The predicted molar refractivity (Wildman–Crippen MR) is 151 cm³/mol. The summed E-state index contributed by atoms with van der Waals surface area (Å²) in [6.45, 7) is 8.36. The number of hydrogen-bond donors (Lipinski definition) is 2. The molecule has 3 heterocycles. The van der Waals surface area contributed by atoms with E-state index in [4.69, 9.17) is 25.8 Å². The molecule has 1 unspecified atom stereocenters. The fourth-order valence-corrected chi connectivity index (χ4v) is 6.24. The van der Waals surface area contributed by atoms with Crippen molar-refractivity contribution >= 4 is 90.9 Å². The predicted octanol–water partition coefficient (Wildman–Crippen LogP) is -1.18. The van der Waals surface area contributed by atoms with E-state index in [1.54, 1.807) is 20.8 Å². The summed E-state index contributed by atoms with van der Waals surface area (Å²) in [5.41, 5.74) is -1.30. The van der Waals surface area contributed by atoms with Crippen LogP contribution < -0.4 is 10.6 Å². The summed E-state index contributed by atoms with van der Waals surface area (Å²) in [4.78, 5) is 72.5. The maximum Gasteiger partial charge on any atom is 0.413 e. The van der Waals surface area contributed by atoms with E-state index in [-0.39, 0.29) is 33.7 Å². The Morgan fingerprint density at radius 1 is 1.32 bits per heavy atom. The summed E-state index contributed by atoms with van der Waals surface area (Å²) < 4.78 is 27.3. The highest BCUT2D eigenvalue weighted by Crippen LogP contribution is 2.37. The van der Waals surface area contributed by atoms with Gasteiger partial charge in [-0.25, -0.2) is 19.4 Å². The van der Waals surface area contributed by atoms with E-state index in [0.29, 0.717) is 0 Å². The molecule has 0 aliphatic carbocycles. The van der Waals surface area contributed by atoms with Crippen LogP contribution in [-0.2, 0) is 49.2 Å². The Labute approximate surface area is 247 Å². The van der Waals surface area contributed by atoms with E-state index in [2.05, 4.69) is 32.0 Å². The molecule has 1 saturated heterocycles. The number of alkyl halides is 1. The zero-order valence-electron chi connectivity index (χ0n) is 22.5. The molecular weight excluding hydrogens is 603 g/mol. The molecule has 0 bridgehead atoms. The lowest BCUT2D eigenvalue weighted by molar-refractivity contribution is -0.149. The Balaban J connectivity index is 1.87. The van der Waals surface area contributed by atoms with Crippen LogP contribution in [0.15, 0.2) is 34.1 Å². The monoisotopic (exact) mass is 627 g/mol. The molecule has 0 spiro atoms. The van der Waals surface area contributed by atoms with E-state index in [9.17, 15) is 28.5 Å². The fourth-order valence-electron chi connectivity index (χ4n) is 3.54. The van der Waals surface area contributed by atoms with E-state index < -0.39 is 69.5 Å². The number of oxime groups is 1.